The molecule has 0 bridgehead atoms. The van der Waals surface area contributed by atoms with Crippen LogP contribution < -0.4 is 10.2 Å². The number of pyridine rings is 1. The fraction of sp³-hybridized carbons (Fsp3) is 0.333. The second kappa shape index (κ2) is 7.29. The van der Waals surface area contributed by atoms with Crippen LogP contribution in [-0.4, -0.2) is 28.9 Å². The van der Waals surface area contributed by atoms with Crippen LogP contribution in [0.1, 0.15) is 30.1 Å². The van der Waals surface area contributed by atoms with E-state index in [0.29, 0.717) is 17.3 Å². The standard InChI is InChI=1S/C18H20N4O3/c1-13-4-3-9-21(12-13)16-7-6-14(10-17(16)22(24)25)18(23)20-15-5-2-8-19-11-15/h2,5-8,10-11,13H,3-4,9,12H2,1H3,(H,20,23)/t13-/m1/s1. The minimum Gasteiger partial charge on any atom is -0.366 e. The highest BCUT2D eigenvalue weighted by Gasteiger charge is 2.25. The van der Waals surface area contributed by atoms with Crippen molar-refractivity contribution < 1.29 is 9.72 Å². The maximum atomic E-state index is 12.4. The molecule has 1 aliphatic heterocycles. The molecule has 0 unspecified atom stereocenters. The summed E-state index contributed by atoms with van der Waals surface area (Å²) in [5.74, 6) is 0.108. The van der Waals surface area contributed by atoms with E-state index in [2.05, 4.69) is 17.2 Å². The van der Waals surface area contributed by atoms with Gasteiger partial charge in [-0.05, 0) is 43.0 Å². The summed E-state index contributed by atoms with van der Waals surface area (Å²) < 4.78 is 0. The van der Waals surface area contributed by atoms with Crippen molar-refractivity contribution in [3.05, 3.63) is 58.4 Å². The quantitative estimate of drug-likeness (QED) is 0.680. The molecule has 0 saturated carbocycles. The van der Waals surface area contributed by atoms with Crippen molar-refractivity contribution in [2.75, 3.05) is 23.3 Å². The van der Waals surface area contributed by atoms with Crippen molar-refractivity contribution in [3.8, 4) is 0 Å². The third-order valence-corrected chi connectivity index (χ3v) is 4.35. The maximum Gasteiger partial charge on any atom is 0.293 e. The summed E-state index contributed by atoms with van der Waals surface area (Å²) in [5, 5.41) is 14.2. The molecule has 0 aliphatic carbocycles. The summed E-state index contributed by atoms with van der Waals surface area (Å²) >= 11 is 0. The van der Waals surface area contributed by atoms with Gasteiger partial charge >= 0.3 is 0 Å². The topological polar surface area (TPSA) is 88.4 Å². The number of nitro groups is 1. The molecule has 3 rings (SSSR count). The Bertz CT molecular complexity index is 779. The largest absolute Gasteiger partial charge is 0.366 e. The van der Waals surface area contributed by atoms with Gasteiger partial charge < -0.3 is 10.2 Å². The lowest BCUT2D eigenvalue weighted by Crippen LogP contribution is -2.34. The molecule has 7 heteroatoms. The van der Waals surface area contributed by atoms with Crippen molar-refractivity contribution in [1.29, 1.82) is 0 Å². The van der Waals surface area contributed by atoms with E-state index in [1.807, 2.05) is 4.90 Å². The molecule has 1 fully saturated rings. The Hall–Kier alpha value is -2.96. The third kappa shape index (κ3) is 3.93. The lowest BCUT2D eigenvalue weighted by molar-refractivity contribution is -0.384. The average molecular weight is 340 g/mol. The molecule has 1 aromatic heterocycles. The predicted molar refractivity (Wildman–Crippen MR) is 95.9 cm³/mol. The Morgan fingerprint density at radius 1 is 1.40 bits per heavy atom. The number of carbonyl (C=O) groups is 1. The molecule has 1 aliphatic rings. The minimum atomic E-state index is -0.421. The highest BCUT2D eigenvalue weighted by atomic mass is 16.6. The van der Waals surface area contributed by atoms with Crippen LogP contribution in [-0.2, 0) is 0 Å². The maximum absolute atomic E-state index is 12.4. The van der Waals surface area contributed by atoms with Gasteiger partial charge in [0.15, 0.2) is 0 Å². The van der Waals surface area contributed by atoms with E-state index in [1.165, 1.54) is 12.3 Å². The molecular weight excluding hydrogens is 320 g/mol. The lowest BCUT2D eigenvalue weighted by Gasteiger charge is -2.32. The molecule has 1 saturated heterocycles. The summed E-state index contributed by atoms with van der Waals surface area (Å²) in [6.45, 7) is 3.74. The van der Waals surface area contributed by atoms with Gasteiger partial charge in [0.2, 0.25) is 0 Å². The minimum absolute atomic E-state index is 0.0343. The normalized spacial score (nSPS) is 17.2. The van der Waals surface area contributed by atoms with Gasteiger partial charge in [-0.1, -0.05) is 6.92 Å². The molecule has 2 aromatic rings. The number of aromatic nitrogens is 1. The zero-order valence-electron chi connectivity index (χ0n) is 14.0. The van der Waals surface area contributed by atoms with Crippen molar-refractivity contribution in [2.45, 2.75) is 19.8 Å². The highest BCUT2D eigenvalue weighted by molar-refractivity contribution is 6.05. The SMILES string of the molecule is C[C@@H]1CCCN(c2ccc(C(=O)Nc3cccnc3)cc2[N+](=O)[O-])C1. The first-order chi connectivity index (χ1) is 12.0. The number of nitrogens with zero attached hydrogens (tertiary/aromatic N) is 3. The van der Waals surface area contributed by atoms with Crippen LogP contribution in [0, 0.1) is 16.0 Å². The van der Waals surface area contributed by atoms with Crippen molar-refractivity contribution in [1.82, 2.24) is 4.98 Å². The molecule has 1 N–H and O–H groups in total. The number of nitrogens with one attached hydrogen (secondary N) is 1. The van der Waals surface area contributed by atoms with Gasteiger partial charge in [0.05, 0.1) is 16.8 Å². The van der Waals surface area contributed by atoms with Crippen molar-refractivity contribution in [3.63, 3.8) is 0 Å². The summed E-state index contributed by atoms with van der Waals surface area (Å²) in [7, 11) is 0. The molecule has 1 aromatic carbocycles. The van der Waals surface area contributed by atoms with Crippen molar-refractivity contribution >= 4 is 23.0 Å². The number of hydrogen-bond acceptors (Lipinski definition) is 5. The van der Waals surface area contributed by atoms with Gasteiger partial charge in [0, 0.05) is 30.9 Å². The highest BCUT2D eigenvalue weighted by Crippen LogP contribution is 2.32. The predicted octanol–water partition coefficient (Wildman–Crippen LogP) is 3.48. The van der Waals surface area contributed by atoms with Crippen LogP contribution >= 0.6 is 0 Å². The Morgan fingerprint density at radius 3 is 2.92 bits per heavy atom. The number of benzene rings is 1. The third-order valence-electron chi connectivity index (χ3n) is 4.35. The van der Waals surface area contributed by atoms with Crippen LogP contribution in [0.3, 0.4) is 0 Å². The Balaban J connectivity index is 1.86. The van der Waals surface area contributed by atoms with Crippen LogP contribution in [0.5, 0.6) is 0 Å². The van der Waals surface area contributed by atoms with Gasteiger partial charge in [0.1, 0.15) is 5.69 Å². The van der Waals surface area contributed by atoms with Crippen molar-refractivity contribution in [2.24, 2.45) is 5.92 Å². The van der Waals surface area contributed by atoms with Crippen LogP contribution in [0.2, 0.25) is 0 Å². The van der Waals surface area contributed by atoms with Crippen LogP contribution in [0.25, 0.3) is 0 Å². The van der Waals surface area contributed by atoms with Gasteiger partial charge in [0.25, 0.3) is 11.6 Å². The van der Waals surface area contributed by atoms with E-state index < -0.39 is 10.8 Å². The number of carbonyl (C=O) groups excluding carboxylic acids is 1. The number of anilines is 2. The number of amides is 1. The van der Waals surface area contributed by atoms with Gasteiger partial charge in [-0.2, -0.15) is 0 Å². The molecule has 7 nitrogen and oxygen atoms in total. The molecule has 0 radical (unpaired) electrons. The first-order valence-corrected chi connectivity index (χ1v) is 8.29. The van der Waals surface area contributed by atoms with Crippen LogP contribution in [0.4, 0.5) is 17.1 Å². The molecule has 2 heterocycles. The summed E-state index contributed by atoms with van der Waals surface area (Å²) in [6, 6.07) is 8.07. The number of rotatable bonds is 4. The Labute approximate surface area is 145 Å². The van der Waals surface area contributed by atoms with Gasteiger partial charge in [-0.3, -0.25) is 19.9 Å². The molecule has 1 atom stereocenters. The van der Waals surface area contributed by atoms with Gasteiger partial charge in [-0.25, -0.2) is 0 Å². The zero-order chi connectivity index (χ0) is 17.8. The fourth-order valence-electron chi connectivity index (χ4n) is 3.13. The second-order valence-electron chi connectivity index (χ2n) is 6.35. The van der Waals surface area contributed by atoms with E-state index in [0.717, 1.165) is 25.9 Å². The first kappa shape index (κ1) is 16.9. The molecular formula is C18H20N4O3. The Morgan fingerprint density at radius 2 is 2.24 bits per heavy atom. The molecule has 0 spiro atoms. The fourth-order valence-corrected chi connectivity index (χ4v) is 3.13. The van der Waals surface area contributed by atoms with Gasteiger partial charge in [-0.15, -0.1) is 0 Å². The summed E-state index contributed by atoms with van der Waals surface area (Å²) in [6.07, 6.45) is 5.28. The number of nitro benzene ring substituents is 1. The summed E-state index contributed by atoms with van der Waals surface area (Å²) in [5.41, 5.74) is 1.34. The summed E-state index contributed by atoms with van der Waals surface area (Å²) in [4.78, 5) is 29.4. The molecule has 25 heavy (non-hydrogen) atoms. The lowest BCUT2D eigenvalue weighted by atomic mass is 9.99. The van der Waals surface area contributed by atoms with Crippen LogP contribution in [0.15, 0.2) is 42.7 Å². The monoisotopic (exact) mass is 340 g/mol. The number of piperidine rings is 1. The average Bonchev–Trinajstić information content (AvgIpc) is 2.62. The molecule has 130 valence electrons. The Kier molecular flexibility index (Phi) is 4.92. The zero-order valence-corrected chi connectivity index (χ0v) is 14.0. The smallest absolute Gasteiger partial charge is 0.293 e. The van der Waals surface area contributed by atoms with E-state index in [9.17, 15) is 14.9 Å². The van der Waals surface area contributed by atoms with E-state index in [1.54, 1.807) is 30.5 Å². The van der Waals surface area contributed by atoms with E-state index >= 15 is 0 Å². The van der Waals surface area contributed by atoms with E-state index in [-0.39, 0.29) is 11.3 Å². The first-order valence-electron chi connectivity index (χ1n) is 8.29. The number of hydrogen-bond donors (Lipinski definition) is 1. The van der Waals surface area contributed by atoms with E-state index in [4.69, 9.17) is 0 Å². The second-order valence-corrected chi connectivity index (χ2v) is 6.35. The molecule has 1 amide bonds.